The lowest BCUT2D eigenvalue weighted by Gasteiger charge is -2.19. The molecule has 0 aliphatic rings. The summed E-state index contributed by atoms with van der Waals surface area (Å²) in [6.07, 6.45) is -3.95. The van der Waals surface area contributed by atoms with Crippen molar-refractivity contribution in [1.82, 2.24) is 4.98 Å². The summed E-state index contributed by atoms with van der Waals surface area (Å²) in [4.78, 5) is 4.74. The lowest BCUT2D eigenvalue weighted by Crippen LogP contribution is -2.05. The summed E-state index contributed by atoms with van der Waals surface area (Å²) in [5, 5.41) is 0.676. The molecule has 3 aromatic carbocycles. The minimum Gasteiger partial charge on any atom is -0.497 e. The molecule has 0 spiro atoms. The number of methoxy groups -OCH3 is 1. The van der Waals surface area contributed by atoms with Crippen molar-refractivity contribution in [3.8, 4) is 28.4 Å². The van der Waals surface area contributed by atoms with Crippen molar-refractivity contribution in [3.63, 3.8) is 0 Å². The predicted molar refractivity (Wildman–Crippen MR) is 122 cm³/mol. The van der Waals surface area contributed by atoms with Gasteiger partial charge in [-0.2, -0.15) is 13.2 Å². The molecule has 0 bridgehead atoms. The number of aryl methyl sites for hydroxylation is 1. The fourth-order valence-electron chi connectivity index (χ4n) is 3.55. The molecule has 1 heterocycles. The Labute approximate surface area is 191 Å². The van der Waals surface area contributed by atoms with Crippen LogP contribution in [0.4, 0.5) is 13.2 Å². The summed E-state index contributed by atoms with van der Waals surface area (Å²) in [5.41, 5.74) is 1.49. The van der Waals surface area contributed by atoms with E-state index in [2.05, 4.69) is 15.9 Å². The number of rotatable bonds is 5. The predicted octanol–water partition coefficient (Wildman–Crippen LogP) is 8.05. The maximum absolute atomic E-state index is 13.4. The Kier molecular flexibility index (Phi) is 6.11. The molecule has 0 N–H and O–H groups in total. The van der Waals surface area contributed by atoms with Crippen molar-refractivity contribution in [1.29, 1.82) is 0 Å². The highest BCUT2D eigenvalue weighted by Crippen LogP contribution is 2.43. The first-order valence-electron chi connectivity index (χ1n) is 9.92. The first-order valence-corrected chi connectivity index (χ1v) is 10.7. The second-order valence-electron chi connectivity index (χ2n) is 7.14. The Balaban J connectivity index is 2.02. The van der Waals surface area contributed by atoms with E-state index in [1.54, 1.807) is 37.4 Å². The highest BCUT2D eigenvalue weighted by molar-refractivity contribution is 9.10. The molecule has 0 saturated heterocycles. The zero-order valence-corrected chi connectivity index (χ0v) is 18.9. The van der Waals surface area contributed by atoms with Crippen LogP contribution in [0, 0.1) is 0 Å². The Bertz CT molecular complexity index is 1290. The molecule has 3 nitrogen and oxygen atoms in total. The molecule has 7 heteroatoms. The van der Waals surface area contributed by atoms with Gasteiger partial charge in [-0.15, -0.1) is 0 Å². The van der Waals surface area contributed by atoms with Crippen molar-refractivity contribution in [2.75, 3.05) is 7.11 Å². The van der Waals surface area contributed by atoms with Crippen molar-refractivity contribution < 1.29 is 22.6 Å². The minimum absolute atomic E-state index is 0.395. The molecule has 164 valence electrons. The van der Waals surface area contributed by atoms with E-state index in [-0.39, 0.29) is 0 Å². The van der Waals surface area contributed by atoms with E-state index in [4.69, 9.17) is 14.5 Å². The Morgan fingerprint density at radius 1 is 0.938 bits per heavy atom. The van der Waals surface area contributed by atoms with Crippen molar-refractivity contribution >= 4 is 26.8 Å². The summed E-state index contributed by atoms with van der Waals surface area (Å²) in [5.74, 6) is 1.64. The number of alkyl halides is 3. The first-order chi connectivity index (χ1) is 15.3. The first kappa shape index (κ1) is 22.1. The van der Waals surface area contributed by atoms with Crippen molar-refractivity contribution in [2.45, 2.75) is 19.5 Å². The third kappa shape index (κ3) is 4.43. The SMILES string of the molecule is CCc1nc2cc(OC)ccc2c(Oc2cccc(Br)c2)c1-c1cccc(C(F)(F)F)c1. The van der Waals surface area contributed by atoms with Crippen LogP contribution in [-0.2, 0) is 12.6 Å². The van der Waals surface area contributed by atoms with Crippen molar-refractivity contribution in [3.05, 3.63) is 82.5 Å². The van der Waals surface area contributed by atoms with Crippen LogP contribution in [0.2, 0.25) is 0 Å². The van der Waals surface area contributed by atoms with Crippen LogP contribution in [-0.4, -0.2) is 12.1 Å². The Morgan fingerprint density at radius 2 is 1.72 bits per heavy atom. The molecule has 0 atom stereocenters. The second kappa shape index (κ2) is 8.82. The van der Waals surface area contributed by atoms with Gasteiger partial charge in [0.1, 0.15) is 17.2 Å². The zero-order chi connectivity index (χ0) is 22.9. The van der Waals surface area contributed by atoms with Crippen LogP contribution in [0.1, 0.15) is 18.2 Å². The maximum Gasteiger partial charge on any atom is 0.416 e. The van der Waals surface area contributed by atoms with Crippen LogP contribution < -0.4 is 9.47 Å². The summed E-state index contributed by atoms with van der Waals surface area (Å²) >= 11 is 3.43. The summed E-state index contributed by atoms with van der Waals surface area (Å²) in [6, 6.07) is 17.9. The van der Waals surface area contributed by atoms with Gasteiger partial charge in [0.25, 0.3) is 0 Å². The molecule has 0 unspecified atom stereocenters. The molecule has 0 amide bonds. The standard InChI is InChI=1S/C25H19BrF3NO2/c1-3-21-23(15-6-4-7-16(12-15)25(27,28)29)24(32-19-9-5-8-17(26)13-19)20-11-10-18(31-2)14-22(20)30-21/h4-14H,3H2,1-2H3. The molecule has 0 saturated carbocycles. The van der Waals surface area contributed by atoms with E-state index >= 15 is 0 Å². The van der Waals surface area contributed by atoms with Crippen molar-refractivity contribution in [2.24, 2.45) is 0 Å². The molecule has 0 radical (unpaired) electrons. The molecule has 0 aliphatic carbocycles. The fourth-order valence-corrected chi connectivity index (χ4v) is 3.93. The van der Waals surface area contributed by atoms with Crippen LogP contribution in [0.15, 0.2) is 71.2 Å². The smallest absolute Gasteiger partial charge is 0.416 e. The van der Waals surface area contributed by atoms with Gasteiger partial charge in [-0.1, -0.05) is 41.1 Å². The average molecular weight is 502 g/mol. The average Bonchev–Trinajstić information content (AvgIpc) is 2.77. The van der Waals surface area contributed by atoms with Gasteiger partial charge in [0.15, 0.2) is 0 Å². The van der Waals surface area contributed by atoms with E-state index < -0.39 is 11.7 Å². The third-order valence-corrected chi connectivity index (χ3v) is 5.54. The van der Waals surface area contributed by atoms with Gasteiger partial charge >= 0.3 is 6.18 Å². The second-order valence-corrected chi connectivity index (χ2v) is 8.05. The van der Waals surface area contributed by atoms with Gasteiger partial charge in [-0.25, -0.2) is 0 Å². The molecule has 0 aliphatic heterocycles. The molecule has 4 aromatic rings. The summed E-state index contributed by atoms with van der Waals surface area (Å²) in [7, 11) is 1.57. The lowest BCUT2D eigenvalue weighted by molar-refractivity contribution is -0.137. The maximum atomic E-state index is 13.4. The number of halogens is 4. The number of nitrogens with zero attached hydrogens (tertiary/aromatic N) is 1. The Hall–Kier alpha value is -3.06. The van der Waals surface area contributed by atoms with Crippen LogP contribution >= 0.6 is 15.9 Å². The largest absolute Gasteiger partial charge is 0.497 e. The van der Waals surface area contributed by atoms with Gasteiger partial charge in [-0.05, 0) is 54.4 Å². The molecule has 32 heavy (non-hydrogen) atoms. The van der Waals surface area contributed by atoms with Gasteiger partial charge in [0.05, 0.1) is 23.9 Å². The fraction of sp³-hybridized carbons (Fsp3) is 0.160. The monoisotopic (exact) mass is 501 g/mol. The zero-order valence-electron chi connectivity index (χ0n) is 17.3. The lowest BCUT2D eigenvalue weighted by atomic mass is 9.97. The summed E-state index contributed by atoms with van der Waals surface area (Å²) < 4.78 is 52.7. The van der Waals surface area contributed by atoms with Crippen LogP contribution in [0.25, 0.3) is 22.0 Å². The molecule has 1 aromatic heterocycles. The topological polar surface area (TPSA) is 31.4 Å². The van der Waals surface area contributed by atoms with Gasteiger partial charge in [-0.3, -0.25) is 4.98 Å². The quantitative estimate of drug-likeness (QED) is 0.277. The summed E-state index contributed by atoms with van der Waals surface area (Å²) in [6.45, 7) is 1.91. The van der Waals surface area contributed by atoms with Gasteiger partial charge in [0, 0.05) is 21.5 Å². The van der Waals surface area contributed by atoms with E-state index in [1.165, 1.54) is 6.07 Å². The number of aromatic nitrogens is 1. The van der Waals surface area contributed by atoms with Gasteiger partial charge in [0.2, 0.25) is 0 Å². The van der Waals surface area contributed by atoms with Crippen LogP contribution in [0.5, 0.6) is 17.2 Å². The van der Waals surface area contributed by atoms with E-state index in [1.807, 2.05) is 25.1 Å². The normalized spacial score (nSPS) is 11.6. The number of pyridine rings is 1. The third-order valence-electron chi connectivity index (χ3n) is 5.05. The van der Waals surface area contributed by atoms with Crippen LogP contribution in [0.3, 0.4) is 0 Å². The van der Waals surface area contributed by atoms with E-state index in [9.17, 15) is 13.2 Å². The van der Waals surface area contributed by atoms with E-state index in [0.29, 0.717) is 51.4 Å². The minimum atomic E-state index is -4.45. The number of ether oxygens (including phenoxy) is 2. The number of hydrogen-bond donors (Lipinski definition) is 0. The van der Waals surface area contributed by atoms with E-state index in [0.717, 1.165) is 16.6 Å². The highest BCUT2D eigenvalue weighted by Gasteiger charge is 2.31. The Morgan fingerprint density at radius 3 is 2.41 bits per heavy atom. The highest BCUT2D eigenvalue weighted by atomic mass is 79.9. The molecule has 0 fully saturated rings. The number of fused-ring (bicyclic) bond motifs is 1. The molecular weight excluding hydrogens is 483 g/mol. The number of hydrogen-bond acceptors (Lipinski definition) is 3. The van der Waals surface area contributed by atoms with Gasteiger partial charge < -0.3 is 9.47 Å². The number of benzene rings is 3. The molecule has 4 rings (SSSR count). The molecular formula is C25H19BrF3NO2.